The highest BCUT2D eigenvalue weighted by atomic mass is 32.1. The van der Waals surface area contributed by atoms with Gasteiger partial charge in [-0.1, -0.05) is 0 Å². The number of carbonyl (C=O) groups is 1. The molecule has 0 radical (unpaired) electrons. The predicted molar refractivity (Wildman–Crippen MR) is 82.6 cm³/mol. The maximum Gasteiger partial charge on any atom is 0.194 e. The fraction of sp³-hybridized carbons (Fsp3) is 0.125. The molecule has 4 nitrogen and oxygen atoms in total. The molecule has 0 unspecified atom stereocenters. The number of fused-ring (bicyclic) bond motifs is 1. The van der Waals surface area contributed by atoms with Crippen LogP contribution in [0.5, 0.6) is 11.5 Å². The Kier molecular flexibility index (Phi) is 3.58. The van der Waals surface area contributed by atoms with E-state index in [-0.39, 0.29) is 5.78 Å². The molecular formula is C16H13NO3S. The number of hydrogen-bond donors (Lipinski definition) is 0. The Morgan fingerprint density at radius 2 is 1.76 bits per heavy atom. The summed E-state index contributed by atoms with van der Waals surface area (Å²) in [4.78, 5) is 16.9. The molecule has 3 aromatic rings. The highest BCUT2D eigenvalue weighted by molar-refractivity contribution is 7.17. The van der Waals surface area contributed by atoms with Gasteiger partial charge in [0.1, 0.15) is 11.5 Å². The number of ketones is 1. The number of aromatic nitrogens is 1. The van der Waals surface area contributed by atoms with Crippen molar-refractivity contribution >= 4 is 27.3 Å². The standard InChI is InChI=1S/C16H13NO3S/c1-19-12-5-10(6-13(8-12)20-2)16(18)11-7-15-14(17-9-11)3-4-21-15/h3-9H,1-2H3. The minimum Gasteiger partial charge on any atom is -0.497 e. The lowest BCUT2D eigenvalue weighted by Gasteiger charge is -2.08. The Morgan fingerprint density at radius 3 is 2.43 bits per heavy atom. The zero-order chi connectivity index (χ0) is 14.8. The van der Waals surface area contributed by atoms with Crippen LogP contribution in [0.3, 0.4) is 0 Å². The van der Waals surface area contributed by atoms with Crippen LogP contribution in [0.15, 0.2) is 41.9 Å². The molecule has 0 aliphatic rings. The minimum atomic E-state index is -0.102. The molecule has 2 aromatic heterocycles. The van der Waals surface area contributed by atoms with Crippen LogP contribution in [-0.4, -0.2) is 25.0 Å². The molecule has 0 aliphatic carbocycles. The maximum atomic E-state index is 12.6. The van der Waals surface area contributed by atoms with Crippen molar-refractivity contribution in [1.29, 1.82) is 0 Å². The van der Waals surface area contributed by atoms with Crippen molar-refractivity contribution in [3.63, 3.8) is 0 Å². The number of carbonyl (C=O) groups excluding carboxylic acids is 1. The van der Waals surface area contributed by atoms with Gasteiger partial charge in [-0.05, 0) is 29.6 Å². The van der Waals surface area contributed by atoms with E-state index in [4.69, 9.17) is 9.47 Å². The average molecular weight is 299 g/mol. The Bertz CT molecular complexity index is 788. The van der Waals surface area contributed by atoms with Crippen molar-refractivity contribution in [1.82, 2.24) is 4.98 Å². The van der Waals surface area contributed by atoms with Crippen molar-refractivity contribution in [2.24, 2.45) is 0 Å². The second-order valence-electron chi connectivity index (χ2n) is 4.46. The van der Waals surface area contributed by atoms with Crippen molar-refractivity contribution in [2.75, 3.05) is 14.2 Å². The summed E-state index contributed by atoms with van der Waals surface area (Å²) >= 11 is 1.57. The Hall–Kier alpha value is -2.40. The van der Waals surface area contributed by atoms with Gasteiger partial charge in [0.15, 0.2) is 5.78 Å². The number of ether oxygens (including phenoxy) is 2. The van der Waals surface area contributed by atoms with Crippen molar-refractivity contribution in [3.05, 3.63) is 53.0 Å². The monoisotopic (exact) mass is 299 g/mol. The quantitative estimate of drug-likeness (QED) is 0.691. The molecule has 0 spiro atoms. The van der Waals surface area contributed by atoms with Gasteiger partial charge in [-0.15, -0.1) is 11.3 Å². The molecule has 0 bridgehead atoms. The van der Waals surface area contributed by atoms with E-state index < -0.39 is 0 Å². The molecule has 2 heterocycles. The first kappa shape index (κ1) is 13.6. The normalized spacial score (nSPS) is 10.6. The van der Waals surface area contributed by atoms with E-state index in [0.29, 0.717) is 22.6 Å². The van der Waals surface area contributed by atoms with E-state index in [2.05, 4.69) is 4.98 Å². The van der Waals surface area contributed by atoms with Gasteiger partial charge >= 0.3 is 0 Å². The number of nitrogens with zero attached hydrogens (tertiary/aromatic N) is 1. The van der Waals surface area contributed by atoms with E-state index in [1.54, 1.807) is 50.0 Å². The second-order valence-corrected chi connectivity index (χ2v) is 5.41. The molecule has 0 amide bonds. The van der Waals surface area contributed by atoms with Crippen LogP contribution < -0.4 is 9.47 Å². The average Bonchev–Trinajstić information content (AvgIpc) is 3.01. The van der Waals surface area contributed by atoms with Crippen LogP contribution in [-0.2, 0) is 0 Å². The Labute approximate surface area is 126 Å². The lowest BCUT2D eigenvalue weighted by atomic mass is 10.0. The molecule has 1 aromatic carbocycles. The van der Waals surface area contributed by atoms with Crippen LogP contribution in [0, 0.1) is 0 Å². The SMILES string of the molecule is COc1cc(OC)cc(C(=O)c2cnc3ccsc3c2)c1. The van der Waals surface area contributed by atoms with E-state index in [9.17, 15) is 4.79 Å². The molecule has 0 atom stereocenters. The molecule has 0 fully saturated rings. The molecule has 106 valence electrons. The summed E-state index contributed by atoms with van der Waals surface area (Å²) in [6.45, 7) is 0. The third-order valence-electron chi connectivity index (χ3n) is 3.18. The first-order valence-electron chi connectivity index (χ1n) is 6.32. The minimum absolute atomic E-state index is 0.102. The largest absolute Gasteiger partial charge is 0.497 e. The van der Waals surface area contributed by atoms with Gasteiger partial charge in [-0.25, -0.2) is 0 Å². The van der Waals surface area contributed by atoms with Crippen molar-refractivity contribution in [2.45, 2.75) is 0 Å². The van der Waals surface area contributed by atoms with Crippen LogP contribution in [0.1, 0.15) is 15.9 Å². The fourth-order valence-corrected chi connectivity index (χ4v) is 2.86. The van der Waals surface area contributed by atoms with Gasteiger partial charge in [-0.2, -0.15) is 0 Å². The zero-order valence-electron chi connectivity index (χ0n) is 11.6. The third-order valence-corrected chi connectivity index (χ3v) is 4.03. The summed E-state index contributed by atoms with van der Waals surface area (Å²) in [5, 5.41) is 1.96. The van der Waals surface area contributed by atoms with Crippen LogP contribution >= 0.6 is 11.3 Å². The summed E-state index contributed by atoms with van der Waals surface area (Å²) in [5.74, 6) is 1.07. The summed E-state index contributed by atoms with van der Waals surface area (Å²) in [5.41, 5.74) is 1.98. The summed E-state index contributed by atoms with van der Waals surface area (Å²) in [6.07, 6.45) is 1.60. The Balaban J connectivity index is 2.04. The topological polar surface area (TPSA) is 48.4 Å². The van der Waals surface area contributed by atoms with Crippen LogP contribution in [0.2, 0.25) is 0 Å². The highest BCUT2D eigenvalue weighted by Crippen LogP contribution is 2.26. The number of hydrogen-bond acceptors (Lipinski definition) is 5. The zero-order valence-corrected chi connectivity index (χ0v) is 12.4. The number of benzene rings is 1. The van der Waals surface area contributed by atoms with Crippen molar-refractivity contribution < 1.29 is 14.3 Å². The lowest BCUT2D eigenvalue weighted by molar-refractivity contribution is 0.103. The third kappa shape index (κ3) is 2.60. The summed E-state index contributed by atoms with van der Waals surface area (Å²) in [6, 6.07) is 8.93. The smallest absolute Gasteiger partial charge is 0.194 e. The molecule has 3 rings (SSSR count). The molecule has 0 saturated carbocycles. The first-order chi connectivity index (χ1) is 10.2. The summed E-state index contributed by atoms with van der Waals surface area (Å²) < 4.78 is 11.4. The van der Waals surface area contributed by atoms with E-state index in [1.807, 2.05) is 17.5 Å². The first-order valence-corrected chi connectivity index (χ1v) is 7.20. The lowest BCUT2D eigenvalue weighted by Crippen LogP contribution is -2.03. The summed E-state index contributed by atoms with van der Waals surface area (Å²) in [7, 11) is 3.12. The number of pyridine rings is 1. The van der Waals surface area contributed by atoms with Gasteiger partial charge in [0.2, 0.25) is 0 Å². The molecule has 0 N–H and O–H groups in total. The van der Waals surface area contributed by atoms with E-state index in [1.165, 1.54) is 0 Å². The number of thiophene rings is 1. The molecule has 0 saturated heterocycles. The molecule has 0 aliphatic heterocycles. The maximum absolute atomic E-state index is 12.6. The van der Waals surface area contributed by atoms with E-state index in [0.717, 1.165) is 10.2 Å². The highest BCUT2D eigenvalue weighted by Gasteiger charge is 2.13. The van der Waals surface area contributed by atoms with Gasteiger partial charge < -0.3 is 9.47 Å². The molecule has 5 heteroatoms. The number of methoxy groups -OCH3 is 2. The fourth-order valence-electron chi connectivity index (χ4n) is 2.08. The predicted octanol–water partition coefficient (Wildman–Crippen LogP) is 3.54. The van der Waals surface area contributed by atoms with Gasteiger partial charge in [0.25, 0.3) is 0 Å². The van der Waals surface area contributed by atoms with Crippen LogP contribution in [0.25, 0.3) is 10.2 Å². The van der Waals surface area contributed by atoms with Crippen molar-refractivity contribution in [3.8, 4) is 11.5 Å². The molecule has 21 heavy (non-hydrogen) atoms. The van der Waals surface area contributed by atoms with Gasteiger partial charge in [0.05, 0.1) is 24.4 Å². The molecular weight excluding hydrogens is 286 g/mol. The van der Waals surface area contributed by atoms with Crippen LogP contribution in [0.4, 0.5) is 0 Å². The van der Waals surface area contributed by atoms with Gasteiger partial charge in [0, 0.05) is 23.4 Å². The van der Waals surface area contributed by atoms with E-state index >= 15 is 0 Å². The number of rotatable bonds is 4. The Morgan fingerprint density at radius 1 is 1.05 bits per heavy atom. The second kappa shape index (κ2) is 5.54. The van der Waals surface area contributed by atoms with Gasteiger partial charge in [-0.3, -0.25) is 9.78 Å².